The summed E-state index contributed by atoms with van der Waals surface area (Å²) in [7, 11) is 0. The molecule has 14 nitrogen and oxygen atoms in total. The third-order valence-electron chi connectivity index (χ3n) is 5.45. The molecule has 0 radical (unpaired) electrons. The van der Waals surface area contributed by atoms with E-state index >= 15 is 0 Å². The second-order valence-corrected chi connectivity index (χ2v) is 8.48. The van der Waals surface area contributed by atoms with Crippen molar-refractivity contribution in [3.63, 3.8) is 0 Å². The van der Waals surface area contributed by atoms with Crippen molar-refractivity contribution in [2.45, 2.75) is 56.8 Å². The zero-order chi connectivity index (χ0) is 27.7. The van der Waals surface area contributed by atoms with Gasteiger partial charge in [-0.3, -0.25) is 24.0 Å². The molecule has 0 fully saturated rings. The Morgan fingerprint density at radius 3 is 2.11 bits per heavy atom. The standard InChI is InChI=1S/C23H30N6O8/c1-11(24)20(33)27-15(6-7-19(31)32)21(34)28-16(9-18(25)30)22(35)29-17(23(36)37)8-12-10-26-14-5-3-2-4-13(12)14/h2-5,10-11,15-17,26H,6-9,24H2,1H3,(H2,25,30)(H,27,33)(H,28,34)(H,29,35)(H,31,32)(H,36,37). The summed E-state index contributed by atoms with van der Waals surface area (Å²) >= 11 is 0. The molecule has 0 saturated heterocycles. The Kier molecular flexibility index (Phi) is 10.1. The van der Waals surface area contributed by atoms with Crippen LogP contribution < -0.4 is 27.4 Å². The number of hydrogen-bond acceptors (Lipinski definition) is 7. The number of aromatic nitrogens is 1. The molecular formula is C23H30N6O8. The van der Waals surface area contributed by atoms with E-state index in [1.165, 1.54) is 6.92 Å². The number of amides is 4. The number of hydrogen-bond donors (Lipinski definition) is 8. The van der Waals surface area contributed by atoms with Crippen LogP contribution in [0, 0.1) is 0 Å². The Balaban J connectivity index is 2.19. The summed E-state index contributed by atoms with van der Waals surface area (Å²) < 4.78 is 0. The highest BCUT2D eigenvalue weighted by Gasteiger charge is 2.31. The molecular weight excluding hydrogens is 488 g/mol. The van der Waals surface area contributed by atoms with Crippen LogP contribution in [-0.4, -0.2) is 74.9 Å². The molecule has 1 aromatic heterocycles. The van der Waals surface area contributed by atoms with Gasteiger partial charge in [-0.05, 0) is 25.0 Å². The lowest BCUT2D eigenvalue weighted by Gasteiger charge is -2.24. The Bertz CT molecular complexity index is 1180. The van der Waals surface area contributed by atoms with Gasteiger partial charge in [-0.2, -0.15) is 0 Å². The second-order valence-electron chi connectivity index (χ2n) is 8.48. The zero-order valence-corrected chi connectivity index (χ0v) is 20.0. The first-order valence-corrected chi connectivity index (χ1v) is 11.3. The van der Waals surface area contributed by atoms with Crippen molar-refractivity contribution < 1.29 is 39.0 Å². The number of fused-ring (bicyclic) bond motifs is 1. The predicted molar refractivity (Wildman–Crippen MR) is 130 cm³/mol. The van der Waals surface area contributed by atoms with Gasteiger partial charge in [-0.15, -0.1) is 0 Å². The lowest BCUT2D eigenvalue weighted by molar-refractivity contribution is -0.142. The molecule has 4 unspecified atom stereocenters. The largest absolute Gasteiger partial charge is 0.481 e. The predicted octanol–water partition coefficient (Wildman–Crippen LogP) is -1.66. The lowest BCUT2D eigenvalue weighted by Crippen LogP contribution is -2.57. The Morgan fingerprint density at radius 1 is 0.919 bits per heavy atom. The van der Waals surface area contributed by atoms with Crippen LogP contribution in [0.3, 0.4) is 0 Å². The fourth-order valence-corrected chi connectivity index (χ4v) is 3.52. The number of carboxylic acids is 2. The van der Waals surface area contributed by atoms with Gasteiger partial charge >= 0.3 is 11.9 Å². The number of para-hydroxylation sites is 1. The van der Waals surface area contributed by atoms with Crippen molar-refractivity contribution in [2.24, 2.45) is 11.5 Å². The van der Waals surface area contributed by atoms with Crippen LogP contribution in [0.25, 0.3) is 10.9 Å². The van der Waals surface area contributed by atoms with Gasteiger partial charge in [0, 0.05) is 29.9 Å². The van der Waals surface area contributed by atoms with E-state index in [9.17, 15) is 33.9 Å². The van der Waals surface area contributed by atoms with Gasteiger partial charge < -0.3 is 42.6 Å². The summed E-state index contributed by atoms with van der Waals surface area (Å²) in [6.45, 7) is 1.35. The number of primary amides is 1. The van der Waals surface area contributed by atoms with Crippen LogP contribution >= 0.6 is 0 Å². The summed E-state index contributed by atoms with van der Waals surface area (Å²) in [6.07, 6.45) is 0.0139. The maximum atomic E-state index is 12.9. The molecule has 0 aliphatic carbocycles. The molecule has 37 heavy (non-hydrogen) atoms. The lowest BCUT2D eigenvalue weighted by atomic mass is 10.0. The highest BCUT2D eigenvalue weighted by molar-refractivity contribution is 5.96. The third-order valence-corrected chi connectivity index (χ3v) is 5.45. The van der Waals surface area contributed by atoms with E-state index in [0.29, 0.717) is 5.56 Å². The fraction of sp³-hybridized carbons (Fsp3) is 0.391. The highest BCUT2D eigenvalue weighted by atomic mass is 16.4. The molecule has 0 bridgehead atoms. The number of nitrogens with two attached hydrogens (primary N) is 2. The van der Waals surface area contributed by atoms with E-state index in [1.807, 2.05) is 0 Å². The molecule has 0 saturated carbocycles. The van der Waals surface area contributed by atoms with Crippen molar-refractivity contribution in [1.82, 2.24) is 20.9 Å². The maximum absolute atomic E-state index is 12.9. The van der Waals surface area contributed by atoms with Crippen molar-refractivity contribution in [2.75, 3.05) is 0 Å². The summed E-state index contributed by atoms with van der Waals surface area (Å²) in [5.74, 6) is -6.28. The van der Waals surface area contributed by atoms with Crippen LogP contribution in [0.1, 0.15) is 31.7 Å². The van der Waals surface area contributed by atoms with Gasteiger partial charge in [0.15, 0.2) is 0 Å². The van der Waals surface area contributed by atoms with E-state index in [-0.39, 0.29) is 12.8 Å². The highest BCUT2D eigenvalue weighted by Crippen LogP contribution is 2.19. The number of nitrogens with one attached hydrogen (secondary N) is 4. The third kappa shape index (κ3) is 8.61. The average Bonchev–Trinajstić information content (AvgIpc) is 3.22. The van der Waals surface area contributed by atoms with Crippen LogP contribution in [-0.2, 0) is 35.2 Å². The average molecular weight is 519 g/mol. The first-order valence-electron chi connectivity index (χ1n) is 11.3. The van der Waals surface area contributed by atoms with Gasteiger partial charge in [-0.25, -0.2) is 4.79 Å². The van der Waals surface area contributed by atoms with E-state index in [0.717, 1.165) is 10.9 Å². The number of aromatic amines is 1. The van der Waals surface area contributed by atoms with Crippen molar-refractivity contribution in [3.05, 3.63) is 36.0 Å². The monoisotopic (exact) mass is 518 g/mol. The first kappa shape index (κ1) is 28.8. The second kappa shape index (κ2) is 13.0. The van der Waals surface area contributed by atoms with Gasteiger partial charge in [-0.1, -0.05) is 18.2 Å². The topological polar surface area (TPSA) is 247 Å². The molecule has 2 aromatic rings. The molecule has 1 aromatic carbocycles. The number of rotatable bonds is 14. The number of aliphatic carboxylic acids is 2. The van der Waals surface area contributed by atoms with Crippen LogP contribution in [0.4, 0.5) is 0 Å². The Morgan fingerprint density at radius 2 is 1.51 bits per heavy atom. The molecule has 0 spiro atoms. The number of H-pyrrole nitrogens is 1. The normalized spacial score (nSPS) is 14.1. The van der Waals surface area contributed by atoms with Gasteiger partial charge in [0.2, 0.25) is 23.6 Å². The van der Waals surface area contributed by atoms with Crippen molar-refractivity contribution >= 4 is 46.5 Å². The molecule has 200 valence electrons. The minimum absolute atomic E-state index is 0.103. The summed E-state index contributed by atoms with van der Waals surface area (Å²) in [4.78, 5) is 75.2. The SMILES string of the molecule is CC(N)C(=O)NC(CCC(=O)O)C(=O)NC(CC(N)=O)C(=O)NC(Cc1c[nH]c2ccccc12)C(=O)O. The van der Waals surface area contributed by atoms with E-state index < -0.39 is 72.6 Å². The van der Waals surface area contributed by atoms with Gasteiger partial charge in [0.1, 0.15) is 18.1 Å². The van der Waals surface area contributed by atoms with Gasteiger partial charge in [0.25, 0.3) is 0 Å². The smallest absolute Gasteiger partial charge is 0.326 e. The van der Waals surface area contributed by atoms with E-state index in [2.05, 4.69) is 20.9 Å². The van der Waals surface area contributed by atoms with Crippen molar-refractivity contribution in [1.29, 1.82) is 0 Å². The molecule has 4 amide bonds. The van der Waals surface area contributed by atoms with Crippen LogP contribution in [0.2, 0.25) is 0 Å². The quantitative estimate of drug-likeness (QED) is 0.142. The summed E-state index contributed by atoms with van der Waals surface area (Å²) in [6, 6.07) is 1.76. The first-order chi connectivity index (χ1) is 17.4. The minimum atomic E-state index is -1.59. The molecule has 10 N–H and O–H groups in total. The number of carbonyl (C=O) groups is 6. The maximum Gasteiger partial charge on any atom is 0.326 e. The summed E-state index contributed by atoms with van der Waals surface area (Å²) in [5, 5.41) is 26.2. The molecule has 4 atom stereocenters. The Labute approximate surface area is 211 Å². The van der Waals surface area contributed by atoms with Crippen LogP contribution in [0.5, 0.6) is 0 Å². The van der Waals surface area contributed by atoms with Crippen LogP contribution in [0.15, 0.2) is 30.5 Å². The molecule has 2 rings (SSSR count). The van der Waals surface area contributed by atoms with Crippen molar-refractivity contribution in [3.8, 4) is 0 Å². The number of benzene rings is 1. The molecule has 0 aliphatic rings. The summed E-state index contributed by atoms with van der Waals surface area (Å²) in [5.41, 5.74) is 12.1. The molecule has 1 heterocycles. The zero-order valence-electron chi connectivity index (χ0n) is 20.0. The van der Waals surface area contributed by atoms with E-state index in [4.69, 9.17) is 16.6 Å². The molecule has 0 aliphatic heterocycles. The van der Waals surface area contributed by atoms with E-state index in [1.54, 1.807) is 30.5 Å². The van der Waals surface area contributed by atoms with Gasteiger partial charge in [0.05, 0.1) is 12.5 Å². The number of carboxylic acid groups (broad SMARTS) is 2. The minimum Gasteiger partial charge on any atom is -0.481 e. The fourth-order valence-electron chi connectivity index (χ4n) is 3.52. The molecule has 14 heteroatoms. The Hall–Kier alpha value is -4.46. The number of carbonyl (C=O) groups excluding carboxylic acids is 4.